The van der Waals surface area contributed by atoms with Crippen molar-refractivity contribution in [1.82, 2.24) is 4.90 Å². The number of anilines is 1. The van der Waals surface area contributed by atoms with Gasteiger partial charge < -0.3 is 10.2 Å². The van der Waals surface area contributed by atoms with Crippen LogP contribution in [0.1, 0.15) is 37.0 Å². The number of nitrogens with one attached hydrogen (secondary N) is 1. The van der Waals surface area contributed by atoms with E-state index in [0.717, 1.165) is 18.5 Å². The topological polar surface area (TPSA) is 32.3 Å². The summed E-state index contributed by atoms with van der Waals surface area (Å²) in [5.41, 5.74) is 4.45. The molecule has 0 aliphatic carbocycles. The van der Waals surface area contributed by atoms with Crippen LogP contribution in [0.5, 0.6) is 0 Å². The van der Waals surface area contributed by atoms with E-state index in [2.05, 4.69) is 79.8 Å². The summed E-state index contributed by atoms with van der Waals surface area (Å²) in [4.78, 5) is 15.1. The number of amides is 2. The summed E-state index contributed by atoms with van der Waals surface area (Å²) >= 11 is 0. The third kappa shape index (κ3) is 3.77. The zero-order chi connectivity index (χ0) is 20.3. The van der Waals surface area contributed by atoms with Crippen molar-refractivity contribution in [3.63, 3.8) is 0 Å². The Kier molecular flexibility index (Phi) is 5.39. The highest BCUT2D eigenvalue weighted by Gasteiger charge is 2.46. The van der Waals surface area contributed by atoms with Gasteiger partial charge in [0.15, 0.2) is 0 Å². The number of urea groups is 1. The largest absolute Gasteiger partial charge is 0.322 e. The molecule has 4 rings (SSSR count). The van der Waals surface area contributed by atoms with Gasteiger partial charge in [-0.3, -0.25) is 0 Å². The molecule has 0 spiro atoms. The molecule has 0 radical (unpaired) electrons. The van der Waals surface area contributed by atoms with Crippen LogP contribution in [-0.4, -0.2) is 23.5 Å². The molecule has 0 bridgehead atoms. The first-order valence-electron chi connectivity index (χ1n) is 10.4. The summed E-state index contributed by atoms with van der Waals surface area (Å²) in [5, 5.41) is 3.09. The Bertz CT molecular complexity index is 912. The number of hydrogen-bond acceptors (Lipinski definition) is 1. The average molecular weight is 385 g/mol. The van der Waals surface area contributed by atoms with Gasteiger partial charge in [0.2, 0.25) is 0 Å². The molecule has 1 aliphatic heterocycles. The Balaban J connectivity index is 1.62. The fraction of sp³-hybridized carbons (Fsp3) is 0.269. The van der Waals surface area contributed by atoms with Gasteiger partial charge in [-0.2, -0.15) is 0 Å². The molecule has 1 aliphatic rings. The minimum atomic E-state index is -0.189. The Labute approximate surface area is 173 Å². The first-order chi connectivity index (χ1) is 14.1. The van der Waals surface area contributed by atoms with Gasteiger partial charge in [-0.15, -0.1) is 0 Å². The molecule has 3 aromatic carbocycles. The zero-order valence-electron chi connectivity index (χ0n) is 17.1. The molecular weight excluding hydrogens is 356 g/mol. The van der Waals surface area contributed by atoms with E-state index in [4.69, 9.17) is 0 Å². The number of hydrogen-bond donors (Lipinski definition) is 1. The molecule has 1 saturated heterocycles. The summed E-state index contributed by atoms with van der Waals surface area (Å²) in [6.07, 6.45) is 1.90. The average Bonchev–Trinajstić information content (AvgIpc) is 3.14. The highest BCUT2D eigenvalue weighted by Crippen LogP contribution is 2.43. The summed E-state index contributed by atoms with van der Waals surface area (Å²) in [5.74, 6) is 0. The van der Waals surface area contributed by atoms with Crippen molar-refractivity contribution in [2.75, 3.05) is 11.9 Å². The molecule has 148 valence electrons. The number of aryl methyl sites for hydroxylation is 1. The highest BCUT2D eigenvalue weighted by molar-refractivity contribution is 5.90. The van der Waals surface area contributed by atoms with Gasteiger partial charge in [-0.1, -0.05) is 79.7 Å². The molecular formula is C26H28N2O. The van der Waals surface area contributed by atoms with Crippen LogP contribution in [0.4, 0.5) is 10.5 Å². The molecule has 29 heavy (non-hydrogen) atoms. The monoisotopic (exact) mass is 384 g/mol. The molecule has 0 saturated carbocycles. The second-order valence-corrected chi connectivity index (χ2v) is 7.98. The summed E-state index contributed by atoms with van der Waals surface area (Å²) < 4.78 is 0. The fourth-order valence-electron chi connectivity index (χ4n) is 4.52. The van der Waals surface area contributed by atoms with Gasteiger partial charge in [-0.25, -0.2) is 4.79 Å². The van der Waals surface area contributed by atoms with E-state index in [0.29, 0.717) is 6.54 Å². The maximum absolute atomic E-state index is 13.1. The number of nitrogens with zero attached hydrogens (tertiary/aromatic N) is 1. The van der Waals surface area contributed by atoms with E-state index in [1.807, 2.05) is 29.2 Å². The second-order valence-electron chi connectivity index (χ2n) is 7.98. The lowest BCUT2D eigenvalue weighted by Crippen LogP contribution is -2.39. The summed E-state index contributed by atoms with van der Waals surface area (Å²) in [7, 11) is 0. The highest BCUT2D eigenvalue weighted by atomic mass is 16.2. The first-order valence-corrected chi connectivity index (χ1v) is 10.4. The number of carbonyl (C=O) groups is 1. The van der Waals surface area contributed by atoms with Gasteiger partial charge in [-0.05, 0) is 48.6 Å². The SMILES string of the molecule is CCc1ccc(NC(=O)N2CC(c3ccccc3)(c3ccccc3)CC2C)cc1. The predicted octanol–water partition coefficient (Wildman–Crippen LogP) is 5.86. The van der Waals surface area contributed by atoms with Crippen molar-refractivity contribution in [2.45, 2.75) is 38.1 Å². The van der Waals surface area contributed by atoms with Crippen molar-refractivity contribution in [1.29, 1.82) is 0 Å². The van der Waals surface area contributed by atoms with Crippen molar-refractivity contribution in [3.05, 3.63) is 102 Å². The Morgan fingerprint density at radius 1 is 0.931 bits per heavy atom. The lowest BCUT2D eigenvalue weighted by atomic mass is 9.73. The number of carbonyl (C=O) groups excluding carboxylic acids is 1. The minimum Gasteiger partial charge on any atom is -0.321 e. The van der Waals surface area contributed by atoms with E-state index in [1.165, 1.54) is 16.7 Å². The van der Waals surface area contributed by atoms with E-state index in [-0.39, 0.29) is 17.5 Å². The molecule has 1 unspecified atom stereocenters. The van der Waals surface area contributed by atoms with Crippen LogP contribution >= 0.6 is 0 Å². The smallest absolute Gasteiger partial charge is 0.321 e. The van der Waals surface area contributed by atoms with Crippen LogP contribution in [-0.2, 0) is 11.8 Å². The number of likely N-dealkylation sites (tertiary alicyclic amines) is 1. The standard InChI is InChI=1S/C26H28N2O/c1-3-21-14-16-24(17-15-21)27-25(29)28-19-26(18-20(28)2,22-10-6-4-7-11-22)23-12-8-5-9-13-23/h4-17,20H,3,18-19H2,1-2H3,(H,27,29). The fourth-order valence-corrected chi connectivity index (χ4v) is 4.52. The van der Waals surface area contributed by atoms with Gasteiger partial charge in [0, 0.05) is 23.7 Å². The van der Waals surface area contributed by atoms with Crippen LogP contribution in [0.2, 0.25) is 0 Å². The van der Waals surface area contributed by atoms with Crippen molar-refractivity contribution >= 4 is 11.7 Å². The Morgan fingerprint density at radius 2 is 1.48 bits per heavy atom. The lowest BCUT2D eigenvalue weighted by Gasteiger charge is -2.31. The van der Waals surface area contributed by atoms with E-state index >= 15 is 0 Å². The van der Waals surface area contributed by atoms with E-state index in [1.54, 1.807) is 0 Å². The van der Waals surface area contributed by atoms with Crippen LogP contribution in [0.25, 0.3) is 0 Å². The van der Waals surface area contributed by atoms with E-state index in [9.17, 15) is 4.79 Å². The van der Waals surface area contributed by atoms with Crippen LogP contribution < -0.4 is 5.32 Å². The van der Waals surface area contributed by atoms with Gasteiger partial charge in [0.25, 0.3) is 0 Å². The Hall–Kier alpha value is -3.07. The zero-order valence-corrected chi connectivity index (χ0v) is 17.1. The molecule has 1 N–H and O–H groups in total. The molecule has 1 heterocycles. The van der Waals surface area contributed by atoms with Gasteiger partial charge in [0.05, 0.1) is 0 Å². The minimum absolute atomic E-state index is 0.0320. The van der Waals surface area contributed by atoms with Crippen LogP contribution in [0.3, 0.4) is 0 Å². The first kappa shape index (κ1) is 19.3. The van der Waals surface area contributed by atoms with Crippen molar-refractivity contribution in [3.8, 4) is 0 Å². The second kappa shape index (κ2) is 8.12. The van der Waals surface area contributed by atoms with Crippen molar-refractivity contribution in [2.24, 2.45) is 0 Å². The Morgan fingerprint density at radius 3 is 2.00 bits per heavy atom. The molecule has 3 aromatic rings. The lowest BCUT2D eigenvalue weighted by molar-refractivity contribution is 0.208. The van der Waals surface area contributed by atoms with Crippen LogP contribution in [0, 0.1) is 0 Å². The number of rotatable bonds is 4. The normalized spacial score (nSPS) is 17.9. The van der Waals surface area contributed by atoms with Crippen LogP contribution in [0.15, 0.2) is 84.9 Å². The summed E-state index contributed by atoms with van der Waals surface area (Å²) in [6.45, 7) is 4.95. The maximum Gasteiger partial charge on any atom is 0.322 e. The van der Waals surface area contributed by atoms with Gasteiger partial charge in [0.1, 0.15) is 0 Å². The third-order valence-corrected chi connectivity index (χ3v) is 6.14. The quantitative estimate of drug-likeness (QED) is 0.600. The predicted molar refractivity (Wildman–Crippen MR) is 119 cm³/mol. The molecule has 0 aromatic heterocycles. The van der Waals surface area contributed by atoms with E-state index < -0.39 is 0 Å². The van der Waals surface area contributed by atoms with Crippen molar-refractivity contribution < 1.29 is 4.79 Å². The molecule has 3 heteroatoms. The molecule has 1 fully saturated rings. The third-order valence-electron chi connectivity index (χ3n) is 6.14. The summed E-state index contributed by atoms with van der Waals surface area (Å²) in [6, 6.07) is 29.4. The molecule has 2 amide bonds. The molecule has 3 nitrogen and oxygen atoms in total. The van der Waals surface area contributed by atoms with Gasteiger partial charge >= 0.3 is 6.03 Å². The number of benzene rings is 3. The maximum atomic E-state index is 13.1. The molecule has 1 atom stereocenters.